The molecule has 19 heavy (non-hydrogen) atoms. The molecule has 1 saturated carbocycles. The molecule has 0 atom stereocenters. The second kappa shape index (κ2) is 5.21. The summed E-state index contributed by atoms with van der Waals surface area (Å²) in [5.74, 6) is 1.14. The number of H-pyrrole nitrogens is 1. The van der Waals surface area contributed by atoms with Crippen molar-refractivity contribution in [2.24, 2.45) is 0 Å². The normalized spacial score (nSPS) is 16.1. The highest BCUT2D eigenvalue weighted by atomic mass is 79.9. The van der Waals surface area contributed by atoms with E-state index in [-0.39, 0.29) is 5.56 Å². The van der Waals surface area contributed by atoms with Crippen LogP contribution in [0.3, 0.4) is 0 Å². The highest BCUT2D eigenvalue weighted by Crippen LogP contribution is 2.36. The molecule has 1 N–H and O–H groups in total. The van der Waals surface area contributed by atoms with Gasteiger partial charge in [0, 0.05) is 5.92 Å². The van der Waals surface area contributed by atoms with Gasteiger partial charge >= 0.3 is 0 Å². The second-order valence-electron chi connectivity index (χ2n) is 5.03. The lowest BCUT2D eigenvalue weighted by molar-refractivity contribution is 0.688. The van der Waals surface area contributed by atoms with Crippen LogP contribution in [0, 0.1) is 6.92 Å². The third-order valence-corrected chi connectivity index (χ3v) is 5.50. The van der Waals surface area contributed by atoms with Gasteiger partial charge in [0.1, 0.15) is 4.47 Å². The Bertz CT molecular complexity index is 656. The Kier molecular flexibility index (Phi) is 3.58. The molecule has 0 aromatic carbocycles. The summed E-state index contributed by atoms with van der Waals surface area (Å²) in [4.78, 5) is 20.8. The number of aryl methyl sites for hydroxylation is 1. The van der Waals surface area contributed by atoms with E-state index in [1.165, 1.54) is 12.8 Å². The van der Waals surface area contributed by atoms with Crippen molar-refractivity contribution in [1.29, 1.82) is 0 Å². The fraction of sp³-hybridized carbons (Fsp3) is 0.429. The van der Waals surface area contributed by atoms with E-state index < -0.39 is 0 Å². The van der Waals surface area contributed by atoms with Crippen LogP contribution >= 0.6 is 27.3 Å². The molecule has 2 heterocycles. The standard InChI is InChI=1S/C14H15BrN2OS/c1-8-6-7-19-12(8)13-16-11(9-4-2-3-5-9)10(15)14(18)17-13/h6-7,9H,2-5H2,1H3,(H,16,17,18). The maximum atomic E-state index is 12.1. The molecule has 0 amide bonds. The van der Waals surface area contributed by atoms with Crippen LogP contribution in [0.2, 0.25) is 0 Å². The highest BCUT2D eigenvalue weighted by molar-refractivity contribution is 9.10. The van der Waals surface area contributed by atoms with Gasteiger partial charge in [-0.2, -0.15) is 0 Å². The molecule has 1 fully saturated rings. The first-order valence-corrected chi connectivity index (χ1v) is 8.18. The third kappa shape index (κ3) is 2.41. The van der Waals surface area contributed by atoms with Crippen molar-refractivity contribution in [3.63, 3.8) is 0 Å². The second-order valence-corrected chi connectivity index (χ2v) is 6.74. The summed E-state index contributed by atoms with van der Waals surface area (Å²) >= 11 is 5.02. The molecule has 3 rings (SSSR count). The van der Waals surface area contributed by atoms with E-state index in [1.807, 2.05) is 12.3 Å². The first-order valence-electron chi connectivity index (χ1n) is 6.51. The maximum absolute atomic E-state index is 12.1. The van der Waals surface area contributed by atoms with Gasteiger partial charge in [-0.3, -0.25) is 4.79 Å². The van der Waals surface area contributed by atoms with Crippen LogP contribution in [0.1, 0.15) is 42.9 Å². The van der Waals surface area contributed by atoms with Crippen LogP contribution in [0.5, 0.6) is 0 Å². The monoisotopic (exact) mass is 338 g/mol. The quantitative estimate of drug-likeness (QED) is 0.890. The minimum absolute atomic E-state index is 0.0697. The highest BCUT2D eigenvalue weighted by Gasteiger charge is 2.23. The first-order chi connectivity index (χ1) is 9.16. The summed E-state index contributed by atoms with van der Waals surface area (Å²) in [6.07, 6.45) is 4.74. The molecular formula is C14H15BrN2OS. The van der Waals surface area contributed by atoms with Gasteiger partial charge in [0.05, 0.1) is 10.6 Å². The summed E-state index contributed by atoms with van der Waals surface area (Å²) in [7, 11) is 0. The van der Waals surface area contributed by atoms with Gasteiger partial charge in [-0.15, -0.1) is 11.3 Å². The van der Waals surface area contributed by atoms with E-state index in [9.17, 15) is 4.79 Å². The third-order valence-electron chi connectivity index (χ3n) is 3.71. The number of aromatic amines is 1. The fourth-order valence-corrected chi connectivity index (χ4v) is 4.05. The molecular weight excluding hydrogens is 324 g/mol. The molecule has 2 aromatic rings. The molecule has 0 radical (unpaired) electrons. The lowest BCUT2D eigenvalue weighted by atomic mass is 10.0. The molecule has 0 aliphatic heterocycles. The molecule has 0 unspecified atom stereocenters. The van der Waals surface area contributed by atoms with Crippen molar-refractivity contribution in [2.45, 2.75) is 38.5 Å². The minimum atomic E-state index is -0.0697. The predicted molar refractivity (Wildman–Crippen MR) is 81.8 cm³/mol. The minimum Gasteiger partial charge on any atom is -0.305 e. The van der Waals surface area contributed by atoms with Crippen molar-refractivity contribution in [1.82, 2.24) is 9.97 Å². The van der Waals surface area contributed by atoms with Gasteiger partial charge < -0.3 is 4.98 Å². The number of aromatic nitrogens is 2. The summed E-state index contributed by atoms with van der Waals surface area (Å²) in [5, 5.41) is 2.03. The number of hydrogen-bond donors (Lipinski definition) is 1. The first kappa shape index (κ1) is 13.1. The smallest absolute Gasteiger partial charge is 0.265 e. The van der Waals surface area contributed by atoms with E-state index in [0.29, 0.717) is 16.2 Å². The van der Waals surface area contributed by atoms with Gasteiger partial charge in [-0.25, -0.2) is 4.98 Å². The van der Waals surface area contributed by atoms with Crippen LogP contribution in [-0.2, 0) is 0 Å². The Morgan fingerprint density at radius 1 is 1.42 bits per heavy atom. The van der Waals surface area contributed by atoms with E-state index in [1.54, 1.807) is 11.3 Å². The van der Waals surface area contributed by atoms with Crippen molar-refractivity contribution < 1.29 is 0 Å². The molecule has 1 aliphatic rings. The van der Waals surface area contributed by atoms with Crippen LogP contribution in [0.4, 0.5) is 0 Å². The number of thiophene rings is 1. The van der Waals surface area contributed by atoms with E-state index in [2.05, 4.69) is 27.0 Å². The Morgan fingerprint density at radius 2 is 2.16 bits per heavy atom. The maximum Gasteiger partial charge on any atom is 0.265 e. The van der Waals surface area contributed by atoms with Crippen molar-refractivity contribution >= 4 is 27.3 Å². The Hall–Kier alpha value is -0.940. The number of rotatable bonds is 2. The van der Waals surface area contributed by atoms with Crippen LogP contribution in [0.25, 0.3) is 10.7 Å². The van der Waals surface area contributed by atoms with Crippen LogP contribution < -0.4 is 5.56 Å². The van der Waals surface area contributed by atoms with Gasteiger partial charge in [0.2, 0.25) is 0 Å². The van der Waals surface area contributed by atoms with Crippen LogP contribution in [0.15, 0.2) is 20.7 Å². The molecule has 2 aromatic heterocycles. The zero-order chi connectivity index (χ0) is 13.4. The van der Waals surface area contributed by atoms with Crippen LogP contribution in [-0.4, -0.2) is 9.97 Å². The fourth-order valence-electron chi connectivity index (χ4n) is 2.67. The molecule has 1 aliphatic carbocycles. The Balaban J connectivity index is 2.12. The van der Waals surface area contributed by atoms with E-state index in [4.69, 9.17) is 4.98 Å². The van der Waals surface area contributed by atoms with E-state index in [0.717, 1.165) is 29.0 Å². The molecule has 5 heteroatoms. The molecule has 0 bridgehead atoms. The largest absolute Gasteiger partial charge is 0.305 e. The SMILES string of the molecule is Cc1ccsc1-c1nc(C2CCCC2)c(Br)c(=O)[nH]1. The van der Waals surface area contributed by atoms with Gasteiger partial charge in [-0.05, 0) is 52.7 Å². The van der Waals surface area contributed by atoms with Crippen molar-refractivity contribution in [3.05, 3.63) is 37.5 Å². The molecule has 0 saturated heterocycles. The average Bonchev–Trinajstić information content (AvgIpc) is 3.03. The molecule has 0 spiro atoms. The van der Waals surface area contributed by atoms with Crippen molar-refractivity contribution in [3.8, 4) is 10.7 Å². The van der Waals surface area contributed by atoms with Crippen molar-refractivity contribution in [2.75, 3.05) is 0 Å². The lowest BCUT2D eigenvalue weighted by Crippen LogP contribution is -2.15. The number of nitrogens with zero attached hydrogens (tertiary/aromatic N) is 1. The summed E-state index contributed by atoms with van der Waals surface area (Å²) in [6.45, 7) is 2.04. The lowest BCUT2D eigenvalue weighted by Gasteiger charge is -2.11. The molecule has 100 valence electrons. The number of nitrogens with one attached hydrogen (secondary N) is 1. The van der Waals surface area contributed by atoms with Gasteiger partial charge in [-0.1, -0.05) is 12.8 Å². The topological polar surface area (TPSA) is 45.8 Å². The predicted octanol–water partition coefficient (Wildman–Crippen LogP) is 4.23. The van der Waals surface area contributed by atoms with E-state index >= 15 is 0 Å². The summed E-state index contributed by atoms with van der Waals surface area (Å²) < 4.78 is 0.609. The summed E-state index contributed by atoms with van der Waals surface area (Å²) in [5.41, 5.74) is 2.02. The number of hydrogen-bond acceptors (Lipinski definition) is 3. The molecule has 3 nitrogen and oxygen atoms in total. The Morgan fingerprint density at radius 3 is 2.79 bits per heavy atom. The van der Waals surface area contributed by atoms with Gasteiger partial charge in [0.25, 0.3) is 5.56 Å². The van der Waals surface area contributed by atoms with Gasteiger partial charge in [0.15, 0.2) is 5.82 Å². The Labute approximate surface area is 124 Å². The zero-order valence-corrected chi connectivity index (χ0v) is 13.1. The number of halogens is 1. The summed E-state index contributed by atoms with van der Waals surface area (Å²) in [6, 6.07) is 2.05. The average molecular weight is 339 g/mol. The zero-order valence-electron chi connectivity index (χ0n) is 10.7.